The Bertz CT molecular complexity index is 313. The molecular formula is C17H28O. The van der Waals surface area contributed by atoms with Gasteiger partial charge in [-0.3, -0.25) is 0 Å². The van der Waals surface area contributed by atoms with Crippen LogP contribution in [0, 0.1) is 35.5 Å². The predicted molar refractivity (Wildman–Crippen MR) is 73.1 cm³/mol. The highest BCUT2D eigenvalue weighted by Gasteiger charge is 2.49. The van der Waals surface area contributed by atoms with Gasteiger partial charge in [0.2, 0.25) is 0 Å². The molecule has 0 aromatic carbocycles. The minimum Gasteiger partial charge on any atom is -0.393 e. The summed E-state index contributed by atoms with van der Waals surface area (Å²) in [4.78, 5) is 0. The maximum atomic E-state index is 9.89. The van der Waals surface area contributed by atoms with E-state index < -0.39 is 0 Å². The number of aliphatic hydroxyl groups is 1. The molecule has 4 saturated carbocycles. The molecule has 0 aromatic rings. The molecule has 4 aliphatic carbocycles. The molecule has 0 radical (unpaired) electrons. The lowest BCUT2D eigenvalue weighted by molar-refractivity contribution is -0.0457. The van der Waals surface area contributed by atoms with Gasteiger partial charge in [-0.2, -0.15) is 0 Å². The number of aliphatic hydroxyl groups excluding tert-OH is 1. The molecule has 18 heavy (non-hydrogen) atoms. The molecule has 7 atom stereocenters. The van der Waals surface area contributed by atoms with E-state index in [0.29, 0.717) is 0 Å². The van der Waals surface area contributed by atoms with E-state index in [1.165, 1.54) is 38.5 Å². The largest absolute Gasteiger partial charge is 0.393 e. The second-order valence-corrected chi connectivity index (χ2v) is 7.73. The van der Waals surface area contributed by atoms with Crippen molar-refractivity contribution in [2.24, 2.45) is 35.5 Å². The maximum absolute atomic E-state index is 9.89. The Kier molecular flexibility index (Phi) is 2.94. The van der Waals surface area contributed by atoms with E-state index in [2.05, 4.69) is 0 Å². The summed E-state index contributed by atoms with van der Waals surface area (Å²) in [5.41, 5.74) is 0. The van der Waals surface area contributed by atoms with Crippen molar-refractivity contribution >= 4 is 0 Å². The minimum atomic E-state index is 0.0330. The smallest absolute Gasteiger partial charge is 0.0543 e. The molecule has 0 spiro atoms. The van der Waals surface area contributed by atoms with Crippen molar-refractivity contribution in [3.63, 3.8) is 0 Å². The second-order valence-electron chi connectivity index (χ2n) is 7.73. The van der Waals surface area contributed by atoms with Crippen LogP contribution in [-0.4, -0.2) is 11.2 Å². The lowest BCUT2D eigenvalue weighted by Gasteiger charge is -2.52. The van der Waals surface area contributed by atoms with E-state index in [-0.39, 0.29) is 6.10 Å². The van der Waals surface area contributed by atoms with Crippen LogP contribution in [0.3, 0.4) is 0 Å². The summed E-state index contributed by atoms with van der Waals surface area (Å²) in [5, 5.41) is 9.89. The predicted octanol–water partition coefficient (Wildman–Crippen LogP) is 4.00. The lowest BCUT2D eigenvalue weighted by Crippen LogP contribution is -2.45. The summed E-state index contributed by atoms with van der Waals surface area (Å²) in [6, 6.07) is 0. The van der Waals surface area contributed by atoms with E-state index in [9.17, 15) is 5.11 Å². The fourth-order valence-electron chi connectivity index (χ4n) is 6.45. The van der Waals surface area contributed by atoms with Gasteiger partial charge in [0.1, 0.15) is 0 Å². The molecule has 1 nitrogen and oxygen atoms in total. The fourth-order valence-corrected chi connectivity index (χ4v) is 6.45. The third kappa shape index (κ3) is 1.77. The maximum Gasteiger partial charge on any atom is 0.0543 e. The number of hydrogen-bond donors (Lipinski definition) is 1. The quantitative estimate of drug-likeness (QED) is 0.687. The molecule has 4 fully saturated rings. The van der Waals surface area contributed by atoms with Crippen molar-refractivity contribution in [1.82, 2.24) is 0 Å². The minimum absolute atomic E-state index is 0.0330. The van der Waals surface area contributed by atoms with Crippen LogP contribution in [0.1, 0.15) is 64.2 Å². The zero-order chi connectivity index (χ0) is 12.1. The highest BCUT2D eigenvalue weighted by molar-refractivity contribution is 4.99. The summed E-state index contributed by atoms with van der Waals surface area (Å²) in [5.74, 6) is 6.23. The number of hydrogen-bond acceptors (Lipinski definition) is 1. The van der Waals surface area contributed by atoms with E-state index in [1.54, 1.807) is 12.8 Å². The van der Waals surface area contributed by atoms with Crippen LogP contribution in [0.25, 0.3) is 0 Å². The van der Waals surface area contributed by atoms with Crippen molar-refractivity contribution in [3.8, 4) is 0 Å². The van der Waals surface area contributed by atoms with E-state index >= 15 is 0 Å². The van der Waals surface area contributed by atoms with E-state index in [0.717, 1.165) is 48.3 Å². The first kappa shape index (κ1) is 11.8. The Morgan fingerprint density at radius 2 is 1.22 bits per heavy atom. The number of fused-ring (bicyclic) bond motifs is 5. The van der Waals surface area contributed by atoms with Gasteiger partial charge in [-0.25, -0.2) is 0 Å². The highest BCUT2D eigenvalue weighted by Crippen LogP contribution is 2.57. The second kappa shape index (κ2) is 4.51. The first-order valence-electron chi connectivity index (χ1n) is 8.51. The molecule has 0 aromatic heterocycles. The van der Waals surface area contributed by atoms with Gasteiger partial charge in [-0.15, -0.1) is 0 Å². The molecule has 1 N–H and O–H groups in total. The molecule has 102 valence electrons. The topological polar surface area (TPSA) is 20.2 Å². The molecule has 7 unspecified atom stereocenters. The summed E-state index contributed by atoms with van der Waals surface area (Å²) < 4.78 is 0. The average molecular weight is 248 g/mol. The SMILES string of the molecule is OC1CCC2C(CCC3C4CCCC4CCC23)C1. The molecule has 4 rings (SSSR count). The van der Waals surface area contributed by atoms with Crippen LogP contribution in [0.15, 0.2) is 0 Å². The van der Waals surface area contributed by atoms with Crippen LogP contribution < -0.4 is 0 Å². The van der Waals surface area contributed by atoms with Gasteiger partial charge >= 0.3 is 0 Å². The van der Waals surface area contributed by atoms with Gasteiger partial charge in [0.05, 0.1) is 6.10 Å². The molecular weight excluding hydrogens is 220 g/mol. The Morgan fingerprint density at radius 1 is 0.556 bits per heavy atom. The molecule has 0 heterocycles. The van der Waals surface area contributed by atoms with Crippen LogP contribution in [-0.2, 0) is 0 Å². The standard InChI is InChI=1S/C17H28O/c18-13-6-9-15-12(10-13)5-8-16-14-3-1-2-11(14)4-7-17(15)16/h11-18H,1-10H2. The average Bonchev–Trinajstić information content (AvgIpc) is 2.86. The monoisotopic (exact) mass is 248 g/mol. The first-order chi connectivity index (χ1) is 8.83. The first-order valence-corrected chi connectivity index (χ1v) is 8.51. The summed E-state index contributed by atoms with van der Waals surface area (Å²) >= 11 is 0. The van der Waals surface area contributed by atoms with Crippen molar-refractivity contribution in [2.45, 2.75) is 70.3 Å². The molecule has 0 saturated heterocycles. The van der Waals surface area contributed by atoms with Crippen molar-refractivity contribution < 1.29 is 5.11 Å². The zero-order valence-corrected chi connectivity index (χ0v) is 11.6. The van der Waals surface area contributed by atoms with Gasteiger partial charge in [-0.1, -0.05) is 12.8 Å². The molecule has 1 heteroatoms. The van der Waals surface area contributed by atoms with Crippen molar-refractivity contribution in [2.75, 3.05) is 0 Å². The summed E-state index contributed by atoms with van der Waals surface area (Å²) in [6.45, 7) is 0. The van der Waals surface area contributed by atoms with Crippen LogP contribution in [0.2, 0.25) is 0 Å². The van der Waals surface area contributed by atoms with E-state index in [4.69, 9.17) is 0 Å². The normalized spacial score (nSPS) is 55.5. The van der Waals surface area contributed by atoms with Gasteiger partial charge < -0.3 is 5.11 Å². The zero-order valence-electron chi connectivity index (χ0n) is 11.6. The Hall–Kier alpha value is -0.0400. The summed E-state index contributed by atoms with van der Waals surface area (Å²) in [6.07, 6.45) is 14.2. The third-order valence-corrected chi connectivity index (χ3v) is 7.12. The van der Waals surface area contributed by atoms with Crippen LogP contribution in [0.5, 0.6) is 0 Å². The Balaban J connectivity index is 1.53. The lowest BCUT2D eigenvalue weighted by atomic mass is 9.53. The summed E-state index contributed by atoms with van der Waals surface area (Å²) in [7, 11) is 0. The molecule has 0 aliphatic heterocycles. The van der Waals surface area contributed by atoms with Crippen molar-refractivity contribution in [3.05, 3.63) is 0 Å². The van der Waals surface area contributed by atoms with Crippen LogP contribution in [0.4, 0.5) is 0 Å². The highest BCUT2D eigenvalue weighted by atomic mass is 16.3. The number of rotatable bonds is 0. The van der Waals surface area contributed by atoms with Gasteiger partial charge in [-0.05, 0) is 86.9 Å². The molecule has 0 amide bonds. The third-order valence-electron chi connectivity index (χ3n) is 7.12. The van der Waals surface area contributed by atoms with Gasteiger partial charge in [0.15, 0.2) is 0 Å². The molecule has 4 aliphatic rings. The van der Waals surface area contributed by atoms with Crippen LogP contribution >= 0.6 is 0 Å². The van der Waals surface area contributed by atoms with Gasteiger partial charge in [0.25, 0.3) is 0 Å². The van der Waals surface area contributed by atoms with Crippen molar-refractivity contribution in [1.29, 1.82) is 0 Å². The Morgan fingerprint density at radius 3 is 2.06 bits per heavy atom. The fraction of sp³-hybridized carbons (Fsp3) is 1.00. The van der Waals surface area contributed by atoms with Gasteiger partial charge in [0, 0.05) is 0 Å². The van der Waals surface area contributed by atoms with E-state index in [1.807, 2.05) is 0 Å². The Labute approximate surface area is 111 Å². The molecule has 0 bridgehead atoms.